The summed E-state index contributed by atoms with van der Waals surface area (Å²) in [6.07, 6.45) is 33.4. The molecule has 11 atom stereocenters. The van der Waals surface area contributed by atoms with E-state index >= 15 is 0 Å². The fourth-order valence-electron chi connectivity index (χ4n) is 9.70. The third-order valence-corrected chi connectivity index (χ3v) is 16.0. The topological polar surface area (TPSA) is 3.24 Å². The first-order valence-corrected chi connectivity index (χ1v) is 23.7. The molecule has 0 aromatic carbocycles. The molecule has 1 nitrogen and oxygen atoms in total. The Hall–Kier alpha value is -0.180. The van der Waals surface area contributed by atoms with E-state index in [2.05, 4.69) is 111 Å². The van der Waals surface area contributed by atoms with Crippen LogP contribution in [0.25, 0.3) is 0 Å². The average Bonchev–Trinajstić information content (AvgIpc) is 3.52. The van der Waals surface area contributed by atoms with Crippen LogP contribution >= 0.6 is 17.0 Å². The van der Waals surface area contributed by atoms with Gasteiger partial charge in [0.15, 0.2) is 0 Å². The first-order valence-electron chi connectivity index (χ1n) is 14.2. The molecule has 5 heteroatoms. The van der Waals surface area contributed by atoms with Crippen molar-refractivity contribution in [2.45, 2.75) is 62.4 Å². The Balaban J connectivity index is 0.000000805. The average molecular weight is 662 g/mol. The summed E-state index contributed by atoms with van der Waals surface area (Å²) >= 11 is -0.826. The van der Waals surface area contributed by atoms with Gasteiger partial charge in [-0.2, -0.15) is 0 Å². The Labute approximate surface area is 259 Å². The van der Waals surface area contributed by atoms with Crippen molar-refractivity contribution >= 4 is 25.1 Å². The number of halogens is 2. The Morgan fingerprint density at radius 2 is 1.54 bits per heavy atom. The van der Waals surface area contributed by atoms with E-state index < -0.39 is 28.9 Å². The Kier molecular flexibility index (Phi) is 11.8. The van der Waals surface area contributed by atoms with Crippen molar-refractivity contribution in [2.75, 3.05) is 7.05 Å². The van der Waals surface area contributed by atoms with Crippen LogP contribution in [0.2, 0.25) is 24.2 Å². The van der Waals surface area contributed by atoms with Gasteiger partial charge in [-0.25, -0.2) is 0 Å². The number of rotatable bonds is 5. The summed E-state index contributed by atoms with van der Waals surface area (Å²) in [5.74, 6) is 5.19. The van der Waals surface area contributed by atoms with Crippen LogP contribution in [0, 0.1) is 56.3 Å². The summed E-state index contributed by atoms with van der Waals surface area (Å²) < 4.78 is 0. The summed E-state index contributed by atoms with van der Waals surface area (Å²) in [4.78, 5) is 2.77. The van der Waals surface area contributed by atoms with Gasteiger partial charge >= 0.3 is 37.9 Å². The molecule has 0 radical (unpaired) electrons. The van der Waals surface area contributed by atoms with Gasteiger partial charge in [-0.3, -0.25) is 4.90 Å². The van der Waals surface area contributed by atoms with Crippen molar-refractivity contribution in [1.82, 2.24) is 4.90 Å². The third kappa shape index (κ3) is 5.88. The molecule has 39 heavy (non-hydrogen) atoms. The van der Waals surface area contributed by atoms with Gasteiger partial charge in [0.25, 0.3) is 0 Å². The van der Waals surface area contributed by atoms with Gasteiger partial charge < -0.3 is 14.9 Å². The van der Waals surface area contributed by atoms with Crippen molar-refractivity contribution in [3.63, 3.8) is 0 Å². The zero-order chi connectivity index (χ0) is 26.3. The van der Waals surface area contributed by atoms with Gasteiger partial charge in [0.1, 0.15) is 0 Å². The number of hydrogen-bond acceptors (Lipinski definition) is 1. The number of allylic oxidation sites excluding steroid dienone is 10. The summed E-state index contributed by atoms with van der Waals surface area (Å²) in [6.45, 7) is 11.9. The number of likely N-dealkylation sites (tertiary alicyclic amines) is 1. The van der Waals surface area contributed by atoms with Gasteiger partial charge in [0.2, 0.25) is 0 Å². The maximum atomic E-state index is 4.93. The van der Waals surface area contributed by atoms with Crippen molar-refractivity contribution in [1.29, 1.82) is 0 Å². The summed E-state index contributed by atoms with van der Waals surface area (Å²) in [6, 6.07) is 1.26. The van der Waals surface area contributed by atoms with Crippen LogP contribution in [-0.2, 0) is 20.8 Å². The molecule has 0 aromatic heterocycles. The first kappa shape index (κ1) is 33.3. The Bertz CT molecular complexity index is 1040. The van der Waals surface area contributed by atoms with E-state index in [0.29, 0.717) is 23.9 Å². The summed E-state index contributed by atoms with van der Waals surface area (Å²) in [5, 5.41) is 0. The molecule has 2 saturated carbocycles. The van der Waals surface area contributed by atoms with Crippen LogP contribution in [0.5, 0.6) is 0 Å². The third-order valence-electron chi connectivity index (χ3n) is 11.0. The Morgan fingerprint density at radius 3 is 2.18 bits per heavy atom. The molecule has 212 valence electrons. The normalized spacial score (nSPS) is 40.6. The van der Waals surface area contributed by atoms with Gasteiger partial charge in [0.05, 0.1) is 8.07 Å². The van der Waals surface area contributed by atoms with E-state index in [1.165, 1.54) is 18.4 Å². The quantitative estimate of drug-likeness (QED) is 0.161. The molecule has 11 unspecified atom stereocenters. The zero-order valence-corrected chi connectivity index (χ0v) is 29.8. The van der Waals surface area contributed by atoms with E-state index in [1.807, 2.05) is 0 Å². The van der Waals surface area contributed by atoms with Crippen LogP contribution in [0.4, 0.5) is 0 Å². The van der Waals surface area contributed by atoms with E-state index in [0.717, 1.165) is 47.1 Å². The zero-order valence-electron chi connectivity index (χ0n) is 24.8. The molecule has 1 heterocycles. The number of hydrogen-bond donors (Lipinski definition) is 0. The molecule has 0 amide bonds. The van der Waals surface area contributed by atoms with Crippen molar-refractivity contribution in [3.05, 3.63) is 99.9 Å². The molecular formula is C34H49Cl2NSiZr. The number of fused-ring (bicyclic) bond motifs is 6. The molecule has 0 aromatic rings. The van der Waals surface area contributed by atoms with Gasteiger partial charge in [-0.1, -0.05) is 91.6 Å². The first-order chi connectivity index (χ1) is 17.8. The van der Waals surface area contributed by atoms with E-state index in [-0.39, 0.29) is 14.9 Å². The standard InChI is InChI=1S/C32H43NSi.2CH3.2ClH.Zr/c1-6-7-12-22-20-29(24-14-9-8-13-23(22)24)34(4,5)32-26-16-11-10-15-25(26)31-30(32)27-19-21(2)17-18-28(27)33(31)3;;;;;/h6,8-11,13-19,22-32H,1,7,12,20H2,2-5H3;2*1H3;2*1H;/q;2*-1;;;+4/p-2. The second-order valence-electron chi connectivity index (χ2n) is 12.8. The van der Waals surface area contributed by atoms with Crippen LogP contribution in [0.15, 0.2) is 85.1 Å². The van der Waals surface area contributed by atoms with Crippen molar-refractivity contribution < 1.29 is 20.8 Å². The molecule has 0 spiro atoms. The monoisotopic (exact) mass is 659 g/mol. The predicted octanol–water partition coefficient (Wildman–Crippen LogP) is 9.86. The van der Waals surface area contributed by atoms with Crippen LogP contribution in [0.1, 0.15) is 26.2 Å². The summed E-state index contributed by atoms with van der Waals surface area (Å²) in [7, 11) is 10.7. The molecule has 1 aliphatic heterocycles. The molecule has 0 N–H and O–H groups in total. The van der Waals surface area contributed by atoms with Gasteiger partial charge in [-0.15, -0.1) is 6.58 Å². The fourth-order valence-corrected chi connectivity index (χ4v) is 15.2. The van der Waals surface area contributed by atoms with Crippen molar-refractivity contribution in [2.24, 2.45) is 41.4 Å². The number of likely N-dealkylation sites (N-methyl/N-ethyl adjacent to an activating group) is 1. The molecule has 6 rings (SSSR count). The molecule has 5 aliphatic carbocycles. The molecule has 6 aliphatic rings. The minimum absolute atomic E-state index is 0. The molecule has 3 fully saturated rings. The van der Waals surface area contributed by atoms with E-state index in [4.69, 9.17) is 17.0 Å². The molecule has 0 bridgehead atoms. The predicted molar refractivity (Wildman–Crippen MR) is 173 cm³/mol. The molecule has 1 saturated heterocycles. The van der Waals surface area contributed by atoms with Crippen LogP contribution in [-0.4, -0.2) is 32.1 Å². The van der Waals surface area contributed by atoms with Crippen molar-refractivity contribution in [3.8, 4) is 0 Å². The van der Waals surface area contributed by atoms with Crippen LogP contribution in [0.3, 0.4) is 0 Å². The second kappa shape index (κ2) is 13.9. The SMILES string of the molecule is C=CCCC1CC([Si](C)(C)C2C3C=CC=CC3C3C2C2C=C(C)C=CC2N3C)C2C=CC=CC12.[CH3-].[CH3-].[Cl][Zr+2][Cl]. The van der Waals surface area contributed by atoms with E-state index in [9.17, 15) is 0 Å². The summed E-state index contributed by atoms with van der Waals surface area (Å²) in [5.41, 5.74) is 3.20. The fraction of sp³-hybridized carbons (Fsp3) is 0.529. The van der Waals surface area contributed by atoms with Gasteiger partial charge in [0, 0.05) is 18.0 Å². The number of nitrogens with zero attached hydrogens (tertiary/aromatic N) is 1. The van der Waals surface area contributed by atoms with E-state index in [1.54, 1.807) is 0 Å². The second-order valence-corrected chi connectivity index (χ2v) is 21.6. The minimum atomic E-state index is -1.62. The van der Waals surface area contributed by atoms with Gasteiger partial charge in [-0.05, 0) is 79.8 Å². The maximum absolute atomic E-state index is 4.93. The molecular weight excluding hydrogens is 613 g/mol. The van der Waals surface area contributed by atoms with Crippen LogP contribution < -0.4 is 0 Å². The Morgan fingerprint density at radius 1 is 0.949 bits per heavy atom.